The fourth-order valence-corrected chi connectivity index (χ4v) is 1.96. The summed E-state index contributed by atoms with van der Waals surface area (Å²) in [6.07, 6.45) is 0.870. The predicted octanol–water partition coefficient (Wildman–Crippen LogP) is 2.06. The molecule has 1 aromatic carbocycles. The van der Waals surface area contributed by atoms with Crippen LogP contribution in [0.3, 0.4) is 0 Å². The van der Waals surface area contributed by atoms with Crippen LogP contribution in [0, 0.1) is 0 Å². The lowest BCUT2D eigenvalue weighted by Crippen LogP contribution is -2.02. The normalized spacial score (nSPS) is 20.2. The molecule has 1 aliphatic heterocycles. The zero-order valence-electron chi connectivity index (χ0n) is 6.31. The van der Waals surface area contributed by atoms with E-state index in [1.165, 1.54) is 0 Å². The molecule has 0 aromatic heterocycles. The van der Waals surface area contributed by atoms with E-state index in [-0.39, 0.29) is 6.04 Å². The van der Waals surface area contributed by atoms with Crippen molar-refractivity contribution in [1.82, 2.24) is 0 Å². The third-order valence-corrected chi connectivity index (χ3v) is 2.62. The van der Waals surface area contributed by atoms with Crippen LogP contribution in [0.25, 0.3) is 0 Å². The summed E-state index contributed by atoms with van der Waals surface area (Å²) in [7, 11) is 0. The molecule has 2 rings (SSSR count). The average molecular weight is 177 g/mol. The Kier molecular flexibility index (Phi) is 1.96. The smallest absolute Gasteiger partial charge is 0.149 e. The zero-order valence-corrected chi connectivity index (χ0v) is 7.12. The highest BCUT2D eigenvalue weighted by Crippen LogP contribution is 2.31. The van der Waals surface area contributed by atoms with Crippen molar-refractivity contribution in [3.63, 3.8) is 0 Å². The van der Waals surface area contributed by atoms with Crippen LogP contribution in [0.5, 0.6) is 0 Å². The van der Waals surface area contributed by atoms with Crippen molar-refractivity contribution in [2.24, 2.45) is 4.99 Å². The molecule has 1 heterocycles. The third kappa shape index (κ3) is 1.16. The molecule has 1 unspecified atom stereocenters. The van der Waals surface area contributed by atoms with Gasteiger partial charge in [-0.15, -0.1) is 0 Å². The van der Waals surface area contributed by atoms with Gasteiger partial charge in [-0.3, -0.25) is 4.99 Å². The minimum Gasteiger partial charge on any atom is -0.301 e. The highest BCUT2D eigenvalue weighted by atomic mass is 32.2. The van der Waals surface area contributed by atoms with Gasteiger partial charge in [-0.25, -0.2) is 0 Å². The average Bonchev–Trinajstić information content (AvgIpc) is 2.17. The van der Waals surface area contributed by atoms with Crippen LogP contribution in [0.2, 0.25) is 0 Å². The molecule has 12 heavy (non-hydrogen) atoms. The first-order valence-electron chi connectivity index (χ1n) is 3.64. The SMILES string of the molecule is O=CC1N=CSc2ccccc21. The fraction of sp³-hybridized carbons (Fsp3) is 0.111. The Morgan fingerprint density at radius 1 is 1.42 bits per heavy atom. The Balaban J connectivity index is 2.49. The molecule has 0 N–H and O–H groups in total. The Morgan fingerprint density at radius 2 is 2.25 bits per heavy atom. The molecule has 2 nitrogen and oxygen atoms in total. The number of hydrogen-bond acceptors (Lipinski definition) is 3. The maximum absolute atomic E-state index is 10.6. The summed E-state index contributed by atoms with van der Waals surface area (Å²) in [5.41, 5.74) is 2.74. The number of aliphatic imine (C=N–C) groups is 1. The van der Waals surface area contributed by atoms with Crippen LogP contribution < -0.4 is 0 Å². The molecule has 0 amide bonds. The summed E-state index contributed by atoms with van der Waals surface area (Å²) in [4.78, 5) is 15.8. The summed E-state index contributed by atoms with van der Waals surface area (Å²) < 4.78 is 0. The van der Waals surface area contributed by atoms with E-state index in [9.17, 15) is 4.79 Å². The molecule has 0 fully saturated rings. The van der Waals surface area contributed by atoms with Gasteiger partial charge in [0.1, 0.15) is 12.3 Å². The Hall–Kier alpha value is -1.09. The number of hydrogen-bond donors (Lipinski definition) is 0. The number of benzene rings is 1. The quantitative estimate of drug-likeness (QED) is 0.614. The van der Waals surface area contributed by atoms with E-state index >= 15 is 0 Å². The van der Waals surface area contributed by atoms with Crippen LogP contribution in [0.15, 0.2) is 34.2 Å². The van der Waals surface area contributed by atoms with Gasteiger partial charge < -0.3 is 4.79 Å². The van der Waals surface area contributed by atoms with Crippen LogP contribution in [-0.4, -0.2) is 11.8 Å². The van der Waals surface area contributed by atoms with Crippen LogP contribution in [0.4, 0.5) is 0 Å². The minimum atomic E-state index is -0.289. The van der Waals surface area contributed by atoms with E-state index in [0.717, 1.165) is 16.7 Å². The van der Waals surface area contributed by atoms with Gasteiger partial charge in [-0.2, -0.15) is 0 Å². The molecule has 0 saturated carbocycles. The van der Waals surface area contributed by atoms with Gasteiger partial charge >= 0.3 is 0 Å². The maximum atomic E-state index is 10.6. The number of aldehydes is 1. The van der Waals surface area contributed by atoms with E-state index in [1.807, 2.05) is 24.3 Å². The Morgan fingerprint density at radius 3 is 3.08 bits per heavy atom. The van der Waals surface area contributed by atoms with E-state index < -0.39 is 0 Å². The summed E-state index contributed by atoms with van der Waals surface area (Å²) in [6, 6.07) is 7.55. The molecule has 1 aromatic rings. The van der Waals surface area contributed by atoms with Gasteiger partial charge in [0.05, 0.1) is 5.55 Å². The highest BCUT2D eigenvalue weighted by Gasteiger charge is 2.15. The van der Waals surface area contributed by atoms with Gasteiger partial charge in [0.25, 0.3) is 0 Å². The van der Waals surface area contributed by atoms with Crippen molar-refractivity contribution in [3.05, 3.63) is 29.8 Å². The lowest BCUT2D eigenvalue weighted by molar-refractivity contribution is -0.108. The molecule has 3 heteroatoms. The van der Waals surface area contributed by atoms with Gasteiger partial charge in [-0.05, 0) is 11.6 Å². The monoisotopic (exact) mass is 177 g/mol. The highest BCUT2D eigenvalue weighted by molar-refractivity contribution is 8.12. The summed E-state index contributed by atoms with van der Waals surface area (Å²) in [5.74, 6) is 0. The maximum Gasteiger partial charge on any atom is 0.149 e. The molecule has 0 radical (unpaired) electrons. The van der Waals surface area contributed by atoms with Crippen molar-refractivity contribution in [1.29, 1.82) is 0 Å². The first-order valence-corrected chi connectivity index (χ1v) is 4.52. The zero-order chi connectivity index (χ0) is 8.39. The lowest BCUT2D eigenvalue weighted by Gasteiger charge is -2.13. The number of fused-ring (bicyclic) bond motifs is 1. The molecule has 1 atom stereocenters. The standard InChI is InChI=1S/C9H7NOS/c11-5-8-7-3-1-2-4-9(7)12-6-10-8/h1-6,8H. The molecular formula is C9H7NOS. The number of thioether (sulfide) groups is 1. The van der Waals surface area contributed by atoms with Crippen molar-refractivity contribution in [2.45, 2.75) is 10.9 Å². The number of rotatable bonds is 1. The Bertz CT molecular complexity index is 335. The molecule has 1 aliphatic rings. The van der Waals surface area contributed by atoms with E-state index in [2.05, 4.69) is 4.99 Å². The van der Waals surface area contributed by atoms with Gasteiger partial charge in [0.15, 0.2) is 0 Å². The van der Waals surface area contributed by atoms with E-state index in [0.29, 0.717) is 0 Å². The van der Waals surface area contributed by atoms with Crippen molar-refractivity contribution in [3.8, 4) is 0 Å². The van der Waals surface area contributed by atoms with Crippen molar-refractivity contribution < 1.29 is 4.79 Å². The molecule has 0 spiro atoms. The molecular weight excluding hydrogens is 170 g/mol. The summed E-state index contributed by atoms with van der Waals surface area (Å²) in [6.45, 7) is 0. The first-order chi connectivity index (χ1) is 5.92. The predicted molar refractivity (Wildman–Crippen MR) is 49.6 cm³/mol. The first kappa shape index (κ1) is 7.55. The Labute approximate surface area is 74.7 Å². The fourth-order valence-electron chi connectivity index (χ4n) is 1.17. The molecule has 0 bridgehead atoms. The topological polar surface area (TPSA) is 29.4 Å². The van der Waals surface area contributed by atoms with Crippen LogP contribution in [0.1, 0.15) is 11.6 Å². The molecule has 0 saturated heterocycles. The second kappa shape index (κ2) is 3.11. The van der Waals surface area contributed by atoms with Crippen LogP contribution in [-0.2, 0) is 4.79 Å². The van der Waals surface area contributed by atoms with E-state index in [4.69, 9.17) is 0 Å². The minimum absolute atomic E-state index is 0.289. The van der Waals surface area contributed by atoms with Crippen molar-refractivity contribution >= 4 is 23.6 Å². The lowest BCUT2D eigenvalue weighted by atomic mass is 10.1. The second-order valence-corrected chi connectivity index (χ2v) is 3.38. The molecule has 60 valence electrons. The largest absolute Gasteiger partial charge is 0.301 e. The third-order valence-electron chi connectivity index (χ3n) is 1.77. The summed E-state index contributed by atoms with van der Waals surface area (Å²) >= 11 is 1.56. The van der Waals surface area contributed by atoms with Gasteiger partial charge in [0.2, 0.25) is 0 Å². The van der Waals surface area contributed by atoms with Gasteiger partial charge in [-0.1, -0.05) is 30.0 Å². The number of nitrogens with zero attached hydrogens (tertiary/aromatic N) is 1. The number of carbonyl (C=O) groups excluding carboxylic acids is 1. The van der Waals surface area contributed by atoms with Crippen LogP contribution >= 0.6 is 11.8 Å². The second-order valence-electron chi connectivity index (χ2n) is 2.49. The summed E-state index contributed by atoms with van der Waals surface area (Å²) in [5, 5.41) is 0. The van der Waals surface area contributed by atoms with E-state index in [1.54, 1.807) is 17.3 Å². The molecule has 0 aliphatic carbocycles. The number of carbonyl (C=O) groups is 1. The van der Waals surface area contributed by atoms with Gasteiger partial charge in [0, 0.05) is 4.90 Å². The van der Waals surface area contributed by atoms with Crippen molar-refractivity contribution in [2.75, 3.05) is 0 Å².